The average molecular weight is 373 g/mol. The van der Waals surface area contributed by atoms with E-state index in [1.165, 1.54) is 12.8 Å². The second kappa shape index (κ2) is 8.05. The zero-order chi connectivity index (χ0) is 18.8. The highest BCUT2D eigenvalue weighted by atomic mass is 16.3. The van der Waals surface area contributed by atoms with Crippen molar-refractivity contribution in [2.75, 3.05) is 33.2 Å². The van der Waals surface area contributed by atoms with Crippen LogP contribution >= 0.6 is 0 Å². The molecular weight excluding hydrogens is 342 g/mol. The molecule has 2 saturated carbocycles. The minimum Gasteiger partial charge on any atom is -0.467 e. The van der Waals surface area contributed by atoms with Gasteiger partial charge >= 0.3 is 0 Å². The first kappa shape index (κ1) is 18.5. The van der Waals surface area contributed by atoms with Crippen LogP contribution in [0.4, 0.5) is 0 Å². The minimum atomic E-state index is -0.0642. The molecule has 0 radical (unpaired) electrons. The molecule has 0 bridgehead atoms. The van der Waals surface area contributed by atoms with Gasteiger partial charge in [0.1, 0.15) is 5.76 Å². The van der Waals surface area contributed by atoms with Crippen molar-refractivity contribution in [2.24, 2.45) is 11.8 Å². The predicted octanol–water partition coefficient (Wildman–Crippen LogP) is 2.35. The fraction of sp³-hybridized carbons (Fsp3) is 0.714. The van der Waals surface area contributed by atoms with Gasteiger partial charge in [-0.3, -0.25) is 14.5 Å². The molecule has 2 aliphatic carbocycles. The van der Waals surface area contributed by atoms with Crippen LogP contribution in [-0.2, 0) is 16.1 Å². The van der Waals surface area contributed by atoms with Gasteiger partial charge in [-0.05, 0) is 43.7 Å². The molecule has 3 aliphatic rings. The second-order valence-corrected chi connectivity index (χ2v) is 8.40. The number of rotatable bonds is 6. The first-order chi connectivity index (χ1) is 13.1. The smallest absolute Gasteiger partial charge is 0.240 e. The maximum atomic E-state index is 13.4. The Morgan fingerprint density at radius 1 is 1.15 bits per heavy atom. The Balaban J connectivity index is 1.41. The van der Waals surface area contributed by atoms with Gasteiger partial charge in [-0.2, -0.15) is 0 Å². The topological polar surface area (TPSA) is 57.0 Å². The van der Waals surface area contributed by atoms with Crippen molar-refractivity contribution >= 4 is 11.8 Å². The molecule has 0 N–H and O–H groups in total. The lowest BCUT2D eigenvalue weighted by Crippen LogP contribution is -2.58. The summed E-state index contributed by atoms with van der Waals surface area (Å²) in [7, 11) is 1.87. The number of piperazine rings is 1. The van der Waals surface area contributed by atoms with Crippen molar-refractivity contribution in [3.05, 3.63) is 24.2 Å². The monoisotopic (exact) mass is 373 g/mol. The molecule has 1 saturated heterocycles. The molecule has 6 nitrogen and oxygen atoms in total. The summed E-state index contributed by atoms with van der Waals surface area (Å²) in [6, 6.07) is 3.71. The molecule has 0 unspecified atom stereocenters. The van der Waals surface area contributed by atoms with E-state index < -0.39 is 0 Å². The van der Waals surface area contributed by atoms with E-state index in [9.17, 15) is 9.59 Å². The van der Waals surface area contributed by atoms with Crippen LogP contribution in [0.5, 0.6) is 0 Å². The van der Waals surface area contributed by atoms with E-state index in [4.69, 9.17) is 4.42 Å². The number of likely N-dealkylation sites (N-methyl/N-ethyl adjacent to an activating group) is 1. The molecule has 2 heterocycles. The summed E-state index contributed by atoms with van der Waals surface area (Å²) in [5.74, 6) is 2.05. The molecule has 4 rings (SSSR count). The SMILES string of the molecule is CN(Cc1ccco1)C(=O)[C@@H](C1CCCC1)N1CCN(C(=O)C2CC2)CC1. The molecule has 1 aromatic rings. The van der Waals surface area contributed by atoms with Crippen molar-refractivity contribution in [2.45, 2.75) is 51.1 Å². The second-order valence-electron chi connectivity index (χ2n) is 8.40. The van der Waals surface area contributed by atoms with E-state index in [0.717, 1.165) is 57.6 Å². The molecule has 6 heteroatoms. The van der Waals surface area contributed by atoms with Crippen LogP contribution in [0, 0.1) is 11.8 Å². The third-order valence-electron chi connectivity index (χ3n) is 6.39. The molecule has 27 heavy (non-hydrogen) atoms. The van der Waals surface area contributed by atoms with Crippen LogP contribution < -0.4 is 0 Å². The molecule has 0 aromatic carbocycles. The fourth-order valence-corrected chi connectivity index (χ4v) is 4.68. The van der Waals surface area contributed by atoms with Gasteiger partial charge in [0.05, 0.1) is 18.8 Å². The Labute approximate surface area is 161 Å². The van der Waals surface area contributed by atoms with Crippen LogP contribution in [0.1, 0.15) is 44.3 Å². The van der Waals surface area contributed by atoms with Gasteiger partial charge in [-0.25, -0.2) is 0 Å². The Morgan fingerprint density at radius 2 is 1.85 bits per heavy atom. The predicted molar refractivity (Wildman–Crippen MR) is 102 cm³/mol. The lowest BCUT2D eigenvalue weighted by Gasteiger charge is -2.42. The highest BCUT2D eigenvalue weighted by molar-refractivity contribution is 5.82. The van der Waals surface area contributed by atoms with Crippen molar-refractivity contribution in [3.8, 4) is 0 Å². The minimum absolute atomic E-state index is 0.0642. The van der Waals surface area contributed by atoms with E-state index in [1.807, 2.05) is 29.0 Å². The van der Waals surface area contributed by atoms with Crippen LogP contribution in [0.2, 0.25) is 0 Å². The third kappa shape index (κ3) is 4.21. The standard InChI is InChI=1S/C21H31N3O3/c1-22(15-18-7-4-14-27-18)21(26)19(16-5-2-3-6-16)23-10-12-24(13-11-23)20(25)17-8-9-17/h4,7,14,16-17,19H,2-3,5-6,8-13,15H2,1H3/t19-/m1/s1. The number of furan rings is 1. The van der Waals surface area contributed by atoms with Crippen LogP contribution in [-0.4, -0.2) is 65.8 Å². The highest BCUT2D eigenvalue weighted by Gasteiger charge is 2.40. The van der Waals surface area contributed by atoms with Crippen molar-refractivity contribution in [1.82, 2.24) is 14.7 Å². The number of amides is 2. The fourth-order valence-electron chi connectivity index (χ4n) is 4.68. The van der Waals surface area contributed by atoms with Gasteiger partial charge in [-0.1, -0.05) is 12.8 Å². The molecule has 3 fully saturated rings. The Kier molecular flexibility index (Phi) is 5.53. The average Bonchev–Trinajstić information content (AvgIpc) is 3.15. The molecule has 1 atom stereocenters. The first-order valence-corrected chi connectivity index (χ1v) is 10.4. The summed E-state index contributed by atoms with van der Waals surface area (Å²) in [6.07, 6.45) is 8.46. The third-order valence-corrected chi connectivity index (χ3v) is 6.39. The number of hydrogen-bond acceptors (Lipinski definition) is 4. The summed E-state index contributed by atoms with van der Waals surface area (Å²) in [4.78, 5) is 31.8. The Bertz CT molecular complexity index is 642. The maximum Gasteiger partial charge on any atom is 0.240 e. The van der Waals surface area contributed by atoms with Gasteiger partial charge in [0.25, 0.3) is 0 Å². The Morgan fingerprint density at radius 3 is 2.44 bits per heavy atom. The van der Waals surface area contributed by atoms with E-state index in [0.29, 0.717) is 18.4 Å². The van der Waals surface area contributed by atoms with Gasteiger partial charge in [0.15, 0.2) is 0 Å². The summed E-state index contributed by atoms with van der Waals surface area (Å²) in [5, 5.41) is 0. The van der Waals surface area contributed by atoms with Crippen LogP contribution in [0.25, 0.3) is 0 Å². The zero-order valence-electron chi connectivity index (χ0n) is 16.3. The van der Waals surface area contributed by atoms with E-state index >= 15 is 0 Å². The van der Waals surface area contributed by atoms with E-state index in [1.54, 1.807) is 6.26 Å². The van der Waals surface area contributed by atoms with Crippen molar-refractivity contribution < 1.29 is 14.0 Å². The Hall–Kier alpha value is -1.82. The summed E-state index contributed by atoms with van der Waals surface area (Å²) < 4.78 is 5.42. The summed E-state index contributed by atoms with van der Waals surface area (Å²) >= 11 is 0. The van der Waals surface area contributed by atoms with Gasteiger partial charge in [-0.15, -0.1) is 0 Å². The molecule has 1 aliphatic heterocycles. The zero-order valence-corrected chi connectivity index (χ0v) is 16.3. The lowest BCUT2D eigenvalue weighted by atomic mass is 9.94. The number of nitrogens with zero attached hydrogens (tertiary/aromatic N) is 3. The summed E-state index contributed by atoms with van der Waals surface area (Å²) in [6.45, 7) is 3.64. The summed E-state index contributed by atoms with van der Waals surface area (Å²) in [5.41, 5.74) is 0. The van der Waals surface area contributed by atoms with Crippen molar-refractivity contribution in [1.29, 1.82) is 0 Å². The van der Waals surface area contributed by atoms with Crippen LogP contribution in [0.15, 0.2) is 22.8 Å². The first-order valence-electron chi connectivity index (χ1n) is 10.4. The van der Waals surface area contributed by atoms with Gasteiger partial charge in [0, 0.05) is 39.1 Å². The van der Waals surface area contributed by atoms with Crippen molar-refractivity contribution in [3.63, 3.8) is 0 Å². The molecular formula is C21H31N3O3. The van der Waals surface area contributed by atoms with E-state index in [-0.39, 0.29) is 17.9 Å². The number of hydrogen-bond donors (Lipinski definition) is 0. The normalized spacial score (nSPS) is 22.8. The lowest BCUT2D eigenvalue weighted by molar-refractivity contribution is -0.141. The van der Waals surface area contributed by atoms with Gasteiger partial charge < -0.3 is 14.2 Å². The quantitative estimate of drug-likeness (QED) is 0.768. The molecule has 2 amide bonds. The largest absolute Gasteiger partial charge is 0.467 e. The molecule has 0 spiro atoms. The maximum absolute atomic E-state index is 13.4. The van der Waals surface area contributed by atoms with E-state index in [2.05, 4.69) is 4.90 Å². The molecule has 148 valence electrons. The van der Waals surface area contributed by atoms with Crippen LogP contribution in [0.3, 0.4) is 0 Å². The number of carbonyl (C=O) groups is 2. The highest BCUT2D eigenvalue weighted by Crippen LogP contribution is 2.34. The van der Waals surface area contributed by atoms with Gasteiger partial charge in [0.2, 0.25) is 11.8 Å². The number of carbonyl (C=O) groups excluding carboxylic acids is 2. The molecule has 1 aromatic heterocycles.